The van der Waals surface area contributed by atoms with Gasteiger partial charge >= 0.3 is 5.97 Å². The highest BCUT2D eigenvalue weighted by Crippen LogP contribution is 2.19. The molecule has 2 heterocycles. The number of hydrogen-bond donors (Lipinski definition) is 1. The van der Waals surface area contributed by atoms with Crippen LogP contribution in [-0.4, -0.2) is 49.1 Å². The van der Waals surface area contributed by atoms with E-state index >= 15 is 0 Å². The van der Waals surface area contributed by atoms with Gasteiger partial charge in [-0.2, -0.15) is 0 Å². The van der Waals surface area contributed by atoms with E-state index in [2.05, 4.69) is 38.4 Å². The molecule has 0 bridgehead atoms. The third-order valence-corrected chi connectivity index (χ3v) is 4.88. The lowest BCUT2D eigenvalue weighted by molar-refractivity contribution is -0.146. The fraction of sp³-hybridized carbons (Fsp3) is 0.381. The summed E-state index contributed by atoms with van der Waals surface area (Å²) in [7, 11) is 3.24. The zero-order valence-electron chi connectivity index (χ0n) is 15.9. The van der Waals surface area contributed by atoms with Crippen molar-refractivity contribution in [2.75, 3.05) is 27.2 Å². The molecule has 1 aromatic carbocycles. The lowest BCUT2D eigenvalue weighted by Gasteiger charge is -2.33. The highest BCUT2D eigenvalue weighted by atomic mass is 16.5. The summed E-state index contributed by atoms with van der Waals surface area (Å²) < 4.78 is 4.86. The van der Waals surface area contributed by atoms with Crippen molar-refractivity contribution in [3.63, 3.8) is 0 Å². The van der Waals surface area contributed by atoms with Crippen LogP contribution in [0.3, 0.4) is 0 Å². The first-order valence-electron chi connectivity index (χ1n) is 9.25. The molecule has 1 aromatic heterocycles. The number of benzene rings is 1. The number of ether oxygens (including phenoxy) is 1. The van der Waals surface area contributed by atoms with Gasteiger partial charge in [0.25, 0.3) is 0 Å². The van der Waals surface area contributed by atoms with Crippen molar-refractivity contribution in [2.45, 2.75) is 19.4 Å². The van der Waals surface area contributed by atoms with Crippen LogP contribution in [-0.2, 0) is 16.1 Å². The number of aliphatic imine (C=N–C) groups is 1. The molecule has 0 saturated carbocycles. The van der Waals surface area contributed by atoms with Crippen molar-refractivity contribution in [3.8, 4) is 11.3 Å². The quantitative estimate of drug-likeness (QED) is 0.512. The molecule has 1 saturated heterocycles. The lowest BCUT2D eigenvalue weighted by Crippen LogP contribution is -2.46. The molecule has 142 valence electrons. The van der Waals surface area contributed by atoms with Gasteiger partial charge in [-0.3, -0.25) is 14.8 Å². The highest BCUT2D eigenvalue weighted by Gasteiger charge is 2.26. The molecule has 1 N–H and O–H groups in total. The topological polar surface area (TPSA) is 66.8 Å². The van der Waals surface area contributed by atoms with Crippen molar-refractivity contribution in [3.05, 3.63) is 54.2 Å². The van der Waals surface area contributed by atoms with Crippen LogP contribution in [0.4, 0.5) is 0 Å². The Balaban J connectivity index is 1.58. The van der Waals surface area contributed by atoms with Crippen LogP contribution in [0, 0.1) is 5.92 Å². The second-order valence-corrected chi connectivity index (χ2v) is 6.60. The first-order valence-corrected chi connectivity index (χ1v) is 9.25. The van der Waals surface area contributed by atoms with Crippen LogP contribution in [0.15, 0.2) is 53.7 Å². The monoisotopic (exact) mass is 366 g/mol. The van der Waals surface area contributed by atoms with E-state index in [1.807, 2.05) is 24.3 Å². The second kappa shape index (κ2) is 9.16. The summed E-state index contributed by atoms with van der Waals surface area (Å²) in [6.45, 7) is 2.28. The Bertz CT molecular complexity index is 784. The van der Waals surface area contributed by atoms with Crippen molar-refractivity contribution in [1.82, 2.24) is 15.2 Å². The molecule has 1 aliphatic rings. The van der Waals surface area contributed by atoms with Crippen molar-refractivity contribution >= 4 is 11.9 Å². The smallest absolute Gasteiger partial charge is 0.308 e. The maximum Gasteiger partial charge on any atom is 0.308 e. The first kappa shape index (κ1) is 18.9. The van der Waals surface area contributed by atoms with E-state index in [1.165, 1.54) is 12.7 Å². The summed E-state index contributed by atoms with van der Waals surface area (Å²) in [5.74, 6) is 0.755. The summed E-state index contributed by atoms with van der Waals surface area (Å²) in [4.78, 5) is 22.7. The summed E-state index contributed by atoms with van der Waals surface area (Å²) >= 11 is 0. The maximum absolute atomic E-state index is 11.7. The molecule has 0 amide bonds. The molecule has 6 heteroatoms. The summed E-state index contributed by atoms with van der Waals surface area (Å²) in [5, 5.41) is 3.43. The number of guanidine groups is 1. The normalized spacial score (nSPS) is 15.5. The van der Waals surface area contributed by atoms with E-state index in [0.717, 1.165) is 43.1 Å². The number of aromatic nitrogens is 1. The van der Waals surface area contributed by atoms with E-state index in [4.69, 9.17) is 4.74 Å². The highest BCUT2D eigenvalue weighted by molar-refractivity contribution is 5.80. The number of likely N-dealkylation sites (tertiary alicyclic amines) is 1. The van der Waals surface area contributed by atoms with E-state index in [1.54, 1.807) is 13.2 Å². The summed E-state index contributed by atoms with van der Waals surface area (Å²) in [6, 6.07) is 14.3. The van der Waals surface area contributed by atoms with Crippen molar-refractivity contribution in [1.29, 1.82) is 0 Å². The third-order valence-electron chi connectivity index (χ3n) is 4.88. The van der Waals surface area contributed by atoms with Crippen LogP contribution in [0.5, 0.6) is 0 Å². The summed E-state index contributed by atoms with van der Waals surface area (Å²) in [5.41, 5.74) is 3.24. The minimum atomic E-state index is -0.107. The molecule has 3 rings (SSSR count). The van der Waals surface area contributed by atoms with Crippen LogP contribution in [0.25, 0.3) is 11.3 Å². The number of esters is 1. The molecule has 0 spiro atoms. The zero-order valence-corrected chi connectivity index (χ0v) is 15.9. The van der Waals surface area contributed by atoms with Gasteiger partial charge in [0.05, 0.1) is 18.7 Å². The second-order valence-electron chi connectivity index (χ2n) is 6.60. The van der Waals surface area contributed by atoms with Crippen molar-refractivity contribution in [2.24, 2.45) is 10.9 Å². The van der Waals surface area contributed by atoms with Crippen LogP contribution >= 0.6 is 0 Å². The number of rotatable bonds is 4. The van der Waals surface area contributed by atoms with E-state index < -0.39 is 0 Å². The number of piperidine rings is 1. The number of nitrogens with zero attached hydrogens (tertiary/aromatic N) is 3. The molecule has 0 radical (unpaired) electrons. The fourth-order valence-corrected chi connectivity index (χ4v) is 3.38. The van der Waals surface area contributed by atoms with Gasteiger partial charge in [-0.25, -0.2) is 0 Å². The maximum atomic E-state index is 11.7. The Hall–Kier alpha value is -2.89. The average molecular weight is 366 g/mol. The molecule has 0 aliphatic carbocycles. The number of methoxy groups -OCH3 is 1. The van der Waals surface area contributed by atoms with Gasteiger partial charge in [0.1, 0.15) is 0 Å². The van der Waals surface area contributed by atoms with E-state index in [0.29, 0.717) is 6.54 Å². The number of hydrogen-bond acceptors (Lipinski definition) is 4. The molecule has 1 aliphatic heterocycles. The van der Waals surface area contributed by atoms with Crippen molar-refractivity contribution < 1.29 is 9.53 Å². The van der Waals surface area contributed by atoms with Gasteiger partial charge in [-0.15, -0.1) is 0 Å². The van der Waals surface area contributed by atoms with E-state index in [-0.39, 0.29) is 11.9 Å². The zero-order chi connectivity index (χ0) is 19.1. The Morgan fingerprint density at radius 1 is 1.26 bits per heavy atom. The molecular weight excluding hydrogens is 340 g/mol. The minimum absolute atomic E-state index is 0.000546. The Morgan fingerprint density at radius 3 is 2.74 bits per heavy atom. The van der Waals surface area contributed by atoms with Crippen LogP contribution in [0.2, 0.25) is 0 Å². The average Bonchev–Trinajstić information content (AvgIpc) is 2.75. The molecule has 0 atom stereocenters. The molecule has 1 fully saturated rings. The third kappa shape index (κ3) is 4.84. The predicted molar refractivity (Wildman–Crippen MR) is 106 cm³/mol. The number of carbonyl (C=O) groups is 1. The molecule has 0 unspecified atom stereocenters. The van der Waals surface area contributed by atoms with Gasteiger partial charge in [0, 0.05) is 38.4 Å². The molecule has 6 nitrogen and oxygen atoms in total. The summed E-state index contributed by atoms with van der Waals surface area (Å²) in [6.07, 6.45) is 3.39. The molecule has 27 heavy (non-hydrogen) atoms. The first-order chi connectivity index (χ1) is 13.2. The Morgan fingerprint density at radius 2 is 2.07 bits per heavy atom. The number of nitrogens with one attached hydrogen (secondary N) is 1. The standard InChI is InChI=1S/C21H26N4O2/c1-22-21(25-12-9-17(10-13-25)20(26)27-2)24-15-16-6-5-7-18(14-16)19-8-3-4-11-23-19/h3-8,11,14,17H,9-10,12-13,15H2,1-2H3,(H,22,24). The van der Waals surface area contributed by atoms with Gasteiger partial charge in [0.15, 0.2) is 5.96 Å². The predicted octanol–water partition coefficient (Wildman–Crippen LogP) is 2.71. The van der Waals surface area contributed by atoms with Gasteiger partial charge in [-0.05, 0) is 36.6 Å². The molecule has 2 aromatic rings. The number of carbonyl (C=O) groups excluding carboxylic acids is 1. The Kier molecular flexibility index (Phi) is 6.41. The van der Waals surface area contributed by atoms with Crippen LogP contribution < -0.4 is 5.32 Å². The lowest BCUT2D eigenvalue weighted by atomic mass is 9.97. The SMILES string of the molecule is CN=C(NCc1cccc(-c2ccccn2)c1)N1CCC(C(=O)OC)CC1. The van der Waals surface area contributed by atoms with E-state index in [9.17, 15) is 4.79 Å². The number of pyridine rings is 1. The van der Waals surface area contributed by atoms with Gasteiger partial charge in [0.2, 0.25) is 0 Å². The Labute approximate surface area is 160 Å². The minimum Gasteiger partial charge on any atom is -0.469 e. The van der Waals surface area contributed by atoms with Gasteiger partial charge in [-0.1, -0.05) is 24.3 Å². The largest absolute Gasteiger partial charge is 0.469 e. The van der Waals surface area contributed by atoms with Gasteiger partial charge < -0.3 is 15.0 Å². The molecular formula is C21H26N4O2. The fourth-order valence-electron chi connectivity index (χ4n) is 3.38. The van der Waals surface area contributed by atoms with Crippen LogP contribution in [0.1, 0.15) is 18.4 Å².